The Kier molecular flexibility index (Phi) is 10.5. The summed E-state index contributed by atoms with van der Waals surface area (Å²) >= 11 is 12.7. The van der Waals surface area contributed by atoms with Crippen molar-refractivity contribution in [3.63, 3.8) is 0 Å². The SMILES string of the molecule is O=C(O)C[C@H](O)CC(O)COc1c(Cl)cc(Cl)cc1C(CCOc1ccc(F)cc1)c1ccc(F)cc1. The Hall–Kier alpha value is -2.91. The number of aliphatic carboxylic acids is 1. The van der Waals surface area contributed by atoms with Crippen LogP contribution in [0.5, 0.6) is 11.5 Å². The van der Waals surface area contributed by atoms with Crippen molar-refractivity contribution >= 4 is 29.2 Å². The Morgan fingerprint density at radius 3 is 2.14 bits per heavy atom. The van der Waals surface area contributed by atoms with E-state index in [1.54, 1.807) is 18.2 Å². The molecule has 0 heterocycles. The number of carbonyl (C=O) groups is 1. The van der Waals surface area contributed by atoms with Gasteiger partial charge in [0.15, 0.2) is 0 Å². The van der Waals surface area contributed by atoms with Crippen molar-refractivity contribution in [2.45, 2.75) is 37.4 Å². The summed E-state index contributed by atoms with van der Waals surface area (Å²) in [5.74, 6) is -1.69. The van der Waals surface area contributed by atoms with E-state index < -0.39 is 36.3 Å². The molecule has 3 N–H and O–H groups in total. The summed E-state index contributed by atoms with van der Waals surface area (Å²) in [7, 11) is 0. The standard InChI is InChI=1S/C27H26Cl2F2O6/c28-17-11-24(27(25(29)12-17)37-15-21(33)13-20(32)14-26(34)35)23(16-1-3-18(30)4-2-16)9-10-36-22-7-5-19(31)6-8-22/h1-8,11-12,20-21,23,32-33H,9-10,13-15H2,(H,34,35)/t20-,21?,23?/m1/s1. The van der Waals surface area contributed by atoms with Crippen LogP contribution < -0.4 is 9.47 Å². The second-order valence-electron chi connectivity index (χ2n) is 8.45. The number of ether oxygens (including phenoxy) is 2. The van der Waals surface area contributed by atoms with Gasteiger partial charge < -0.3 is 24.8 Å². The van der Waals surface area contributed by atoms with E-state index in [1.165, 1.54) is 42.5 Å². The van der Waals surface area contributed by atoms with Crippen LogP contribution in [0.25, 0.3) is 0 Å². The predicted octanol–water partition coefficient (Wildman–Crippen LogP) is 5.84. The largest absolute Gasteiger partial charge is 0.494 e. The molecule has 6 nitrogen and oxygen atoms in total. The average molecular weight is 555 g/mol. The van der Waals surface area contributed by atoms with Gasteiger partial charge in [-0.2, -0.15) is 0 Å². The Bertz CT molecular complexity index is 1170. The lowest BCUT2D eigenvalue weighted by atomic mass is 9.88. The van der Waals surface area contributed by atoms with Crippen molar-refractivity contribution in [3.05, 3.63) is 93.5 Å². The summed E-state index contributed by atoms with van der Waals surface area (Å²) in [6.45, 7) is -0.0610. The first-order valence-electron chi connectivity index (χ1n) is 11.5. The second kappa shape index (κ2) is 13.6. The zero-order valence-electron chi connectivity index (χ0n) is 19.6. The fourth-order valence-electron chi connectivity index (χ4n) is 3.86. The van der Waals surface area contributed by atoms with E-state index in [0.717, 1.165) is 5.56 Å². The Balaban J connectivity index is 1.84. The van der Waals surface area contributed by atoms with Crippen molar-refractivity contribution < 1.29 is 38.4 Å². The quantitative estimate of drug-likeness (QED) is 0.245. The van der Waals surface area contributed by atoms with Gasteiger partial charge in [0.1, 0.15) is 29.7 Å². The molecule has 0 aliphatic carbocycles. The van der Waals surface area contributed by atoms with Gasteiger partial charge in [0.25, 0.3) is 0 Å². The number of aliphatic hydroxyl groups is 2. The summed E-state index contributed by atoms with van der Waals surface area (Å²) in [4.78, 5) is 10.8. The first-order chi connectivity index (χ1) is 17.6. The maximum absolute atomic E-state index is 13.7. The maximum Gasteiger partial charge on any atom is 0.305 e. The first kappa shape index (κ1) is 28.7. The number of carboxylic acids is 1. The summed E-state index contributed by atoms with van der Waals surface area (Å²) in [5.41, 5.74) is 1.29. The third-order valence-corrected chi connectivity index (χ3v) is 6.05. The average Bonchev–Trinajstić information content (AvgIpc) is 2.82. The highest BCUT2D eigenvalue weighted by atomic mass is 35.5. The van der Waals surface area contributed by atoms with Gasteiger partial charge >= 0.3 is 5.97 Å². The lowest BCUT2D eigenvalue weighted by molar-refractivity contribution is -0.139. The maximum atomic E-state index is 13.7. The molecule has 3 aromatic carbocycles. The number of hydrogen-bond donors (Lipinski definition) is 3. The number of halogens is 4. The number of carboxylic acid groups (broad SMARTS) is 1. The molecule has 198 valence electrons. The van der Waals surface area contributed by atoms with Gasteiger partial charge in [0, 0.05) is 22.9 Å². The Morgan fingerprint density at radius 2 is 1.51 bits per heavy atom. The summed E-state index contributed by atoms with van der Waals surface area (Å²) in [5, 5.41) is 29.4. The molecular formula is C27H26Cl2F2O6. The lowest BCUT2D eigenvalue weighted by Crippen LogP contribution is -2.26. The molecule has 0 aromatic heterocycles. The molecule has 0 bridgehead atoms. The molecule has 0 fully saturated rings. The Labute approximate surface area is 223 Å². The van der Waals surface area contributed by atoms with E-state index in [4.69, 9.17) is 37.8 Å². The van der Waals surface area contributed by atoms with Gasteiger partial charge in [-0.3, -0.25) is 4.79 Å². The zero-order chi connectivity index (χ0) is 26.9. The van der Waals surface area contributed by atoms with E-state index in [-0.39, 0.29) is 36.2 Å². The number of hydrogen-bond acceptors (Lipinski definition) is 5. The topological polar surface area (TPSA) is 96.2 Å². The summed E-state index contributed by atoms with van der Waals surface area (Å²) < 4.78 is 38.5. The minimum atomic E-state index is -1.24. The number of aliphatic hydroxyl groups excluding tert-OH is 2. The molecule has 0 saturated carbocycles. The van der Waals surface area contributed by atoms with Crippen LogP contribution >= 0.6 is 23.2 Å². The van der Waals surface area contributed by atoms with E-state index in [0.29, 0.717) is 22.8 Å². The van der Waals surface area contributed by atoms with Gasteiger partial charge in [-0.25, -0.2) is 8.78 Å². The van der Waals surface area contributed by atoms with Crippen LogP contribution in [-0.2, 0) is 4.79 Å². The molecule has 10 heteroatoms. The normalized spacial score (nSPS) is 13.6. The molecule has 3 rings (SSSR count). The zero-order valence-corrected chi connectivity index (χ0v) is 21.1. The van der Waals surface area contributed by atoms with Crippen LogP contribution in [0.15, 0.2) is 60.7 Å². The molecule has 0 aliphatic heterocycles. The van der Waals surface area contributed by atoms with E-state index in [9.17, 15) is 23.8 Å². The van der Waals surface area contributed by atoms with Gasteiger partial charge in [0.05, 0.1) is 30.3 Å². The minimum absolute atomic E-state index is 0.173. The van der Waals surface area contributed by atoms with Crippen molar-refractivity contribution in [2.75, 3.05) is 13.2 Å². The van der Waals surface area contributed by atoms with E-state index in [2.05, 4.69) is 0 Å². The van der Waals surface area contributed by atoms with Crippen LogP contribution in [-0.4, -0.2) is 46.7 Å². The van der Waals surface area contributed by atoms with Crippen LogP contribution in [0.1, 0.15) is 36.3 Å². The third-order valence-electron chi connectivity index (χ3n) is 5.55. The number of benzene rings is 3. The smallest absolute Gasteiger partial charge is 0.305 e. The fourth-order valence-corrected chi connectivity index (χ4v) is 4.42. The lowest BCUT2D eigenvalue weighted by Gasteiger charge is -2.24. The first-order valence-corrected chi connectivity index (χ1v) is 12.2. The van der Waals surface area contributed by atoms with E-state index in [1.807, 2.05) is 0 Å². The highest BCUT2D eigenvalue weighted by molar-refractivity contribution is 6.35. The van der Waals surface area contributed by atoms with Gasteiger partial charge in [-0.1, -0.05) is 35.3 Å². The van der Waals surface area contributed by atoms with Crippen LogP contribution in [0.2, 0.25) is 10.0 Å². The Morgan fingerprint density at radius 1 is 0.892 bits per heavy atom. The van der Waals surface area contributed by atoms with Crippen molar-refractivity contribution in [3.8, 4) is 11.5 Å². The van der Waals surface area contributed by atoms with E-state index >= 15 is 0 Å². The van der Waals surface area contributed by atoms with Crippen LogP contribution in [0.3, 0.4) is 0 Å². The molecule has 3 atom stereocenters. The molecule has 0 radical (unpaired) electrons. The fraction of sp³-hybridized carbons (Fsp3) is 0.296. The van der Waals surface area contributed by atoms with Gasteiger partial charge in [0.2, 0.25) is 0 Å². The van der Waals surface area contributed by atoms with Crippen molar-refractivity contribution in [1.82, 2.24) is 0 Å². The summed E-state index contributed by atoms with van der Waals surface area (Å²) in [6, 6.07) is 14.6. The molecule has 0 spiro atoms. The van der Waals surface area contributed by atoms with Gasteiger partial charge in [-0.05, 0) is 60.5 Å². The minimum Gasteiger partial charge on any atom is -0.494 e. The monoisotopic (exact) mass is 554 g/mol. The highest BCUT2D eigenvalue weighted by Gasteiger charge is 2.24. The number of rotatable bonds is 13. The van der Waals surface area contributed by atoms with Gasteiger partial charge in [-0.15, -0.1) is 0 Å². The highest BCUT2D eigenvalue weighted by Crippen LogP contribution is 2.41. The predicted molar refractivity (Wildman–Crippen MR) is 136 cm³/mol. The summed E-state index contributed by atoms with van der Waals surface area (Å²) in [6.07, 6.45) is -2.74. The second-order valence-corrected chi connectivity index (χ2v) is 9.30. The van der Waals surface area contributed by atoms with Crippen LogP contribution in [0, 0.1) is 11.6 Å². The molecule has 3 aromatic rings. The molecule has 37 heavy (non-hydrogen) atoms. The van der Waals surface area contributed by atoms with Crippen LogP contribution in [0.4, 0.5) is 8.78 Å². The molecule has 0 amide bonds. The molecule has 0 aliphatic rings. The molecule has 2 unspecified atom stereocenters. The van der Waals surface area contributed by atoms with Crippen molar-refractivity contribution in [2.24, 2.45) is 0 Å². The molecule has 0 saturated heterocycles. The molecular weight excluding hydrogens is 529 g/mol. The van der Waals surface area contributed by atoms with Crippen molar-refractivity contribution in [1.29, 1.82) is 0 Å². The third kappa shape index (κ3) is 8.86.